The number of ether oxygens (including phenoxy) is 1. The van der Waals surface area contributed by atoms with Gasteiger partial charge in [-0.3, -0.25) is 0 Å². The largest absolute Gasteiger partial charge is 0.378 e. The average Bonchev–Trinajstić information content (AvgIpc) is 3.17. The molecule has 0 spiro atoms. The molecule has 0 radical (unpaired) electrons. The summed E-state index contributed by atoms with van der Waals surface area (Å²) in [6.07, 6.45) is 1.86. The van der Waals surface area contributed by atoms with Crippen LogP contribution in [0, 0.1) is 0 Å². The average molecular weight is 388 g/mol. The molecule has 7 nitrogen and oxygen atoms in total. The normalized spacial score (nSPS) is 14.6. The van der Waals surface area contributed by atoms with Crippen LogP contribution < -0.4 is 10.2 Å². The second kappa shape index (κ2) is 7.67. The quantitative estimate of drug-likeness (QED) is 0.566. The van der Waals surface area contributed by atoms with Gasteiger partial charge >= 0.3 is 0 Å². The molecule has 1 aliphatic heterocycles. The Labute approximate surface area is 169 Å². The summed E-state index contributed by atoms with van der Waals surface area (Å²) in [5, 5.41) is 5.89. The second-order valence-corrected chi connectivity index (χ2v) is 7.23. The molecule has 0 saturated carbocycles. The molecule has 0 bridgehead atoms. The lowest BCUT2D eigenvalue weighted by atomic mass is 10.1. The van der Waals surface area contributed by atoms with E-state index in [0.717, 1.165) is 43.2 Å². The monoisotopic (exact) mass is 388 g/mol. The summed E-state index contributed by atoms with van der Waals surface area (Å²) in [7, 11) is 0. The van der Waals surface area contributed by atoms with Crippen molar-refractivity contribution in [3.63, 3.8) is 0 Å². The highest BCUT2D eigenvalue weighted by molar-refractivity contribution is 5.85. The number of nitrogens with one attached hydrogen (secondary N) is 1. The lowest BCUT2D eigenvalue weighted by Gasteiger charge is -2.27. The van der Waals surface area contributed by atoms with Gasteiger partial charge in [0, 0.05) is 26.2 Å². The molecule has 29 heavy (non-hydrogen) atoms. The summed E-state index contributed by atoms with van der Waals surface area (Å²) in [4.78, 5) is 16.3. The number of rotatable bonds is 5. The first kappa shape index (κ1) is 17.9. The molecular weight excluding hydrogens is 364 g/mol. The molecule has 0 unspecified atom stereocenters. The fraction of sp³-hybridized carbons (Fsp3) is 0.318. The Hall–Kier alpha value is -3.19. The number of hydrogen-bond donors (Lipinski definition) is 1. The van der Waals surface area contributed by atoms with Gasteiger partial charge in [0.05, 0.1) is 19.5 Å². The van der Waals surface area contributed by atoms with Crippen molar-refractivity contribution in [1.29, 1.82) is 0 Å². The maximum Gasteiger partial charge on any atom is 0.229 e. The van der Waals surface area contributed by atoms with Gasteiger partial charge in [0.15, 0.2) is 11.5 Å². The minimum Gasteiger partial charge on any atom is -0.378 e. The molecular formula is C22H24N6O. The first-order valence-corrected chi connectivity index (χ1v) is 10.1. The van der Waals surface area contributed by atoms with E-state index in [1.807, 2.05) is 6.33 Å². The Morgan fingerprint density at radius 3 is 2.69 bits per heavy atom. The highest BCUT2D eigenvalue weighted by Crippen LogP contribution is 2.25. The van der Waals surface area contributed by atoms with E-state index in [4.69, 9.17) is 14.7 Å². The molecule has 1 fully saturated rings. The van der Waals surface area contributed by atoms with Crippen LogP contribution >= 0.6 is 0 Å². The minimum atomic E-state index is 0.703. The smallest absolute Gasteiger partial charge is 0.229 e. The molecule has 1 aliphatic rings. The van der Waals surface area contributed by atoms with Crippen molar-refractivity contribution in [2.45, 2.75) is 13.5 Å². The molecule has 1 saturated heterocycles. The molecule has 1 N–H and O–H groups in total. The summed E-state index contributed by atoms with van der Waals surface area (Å²) in [5.41, 5.74) is 2.89. The van der Waals surface area contributed by atoms with E-state index in [-0.39, 0.29) is 0 Å². The maximum absolute atomic E-state index is 5.45. The number of imidazole rings is 1. The van der Waals surface area contributed by atoms with E-state index in [1.165, 1.54) is 16.3 Å². The standard InChI is InChI=1S/C22H24N6O/c1-2-23-20-19-21(26-22(25-20)27-9-11-29-12-10-27)24-15-28(19)14-16-7-8-17-5-3-4-6-18(17)13-16/h3-8,13,15H,2,9-12,14H2,1H3,(H,23,25,26). The molecule has 0 atom stereocenters. The zero-order chi connectivity index (χ0) is 19.6. The van der Waals surface area contributed by atoms with Crippen molar-refractivity contribution in [3.8, 4) is 0 Å². The zero-order valence-corrected chi connectivity index (χ0v) is 16.5. The highest BCUT2D eigenvalue weighted by atomic mass is 16.5. The maximum atomic E-state index is 5.45. The van der Waals surface area contributed by atoms with Gasteiger partial charge < -0.3 is 19.5 Å². The van der Waals surface area contributed by atoms with Gasteiger partial charge in [-0.05, 0) is 29.3 Å². The van der Waals surface area contributed by atoms with Crippen LogP contribution in [0.5, 0.6) is 0 Å². The van der Waals surface area contributed by atoms with Gasteiger partial charge in [-0.1, -0.05) is 36.4 Å². The van der Waals surface area contributed by atoms with Crippen molar-refractivity contribution in [3.05, 3.63) is 54.4 Å². The van der Waals surface area contributed by atoms with Crippen LogP contribution in [0.2, 0.25) is 0 Å². The molecule has 3 heterocycles. The van der Waals surface area contributed by atoms with E-state index in [9.17, 15) is 0 Å². The number of anilines is 2. The SMILES string of the molecule is CCNc1nc(N2CCOCC2)nc2ncn(Cc3ccc4ccccc4c3)c12. The van der Waals surface area contributed by atoms with Crippen LogP contribution in [-0.4, -0.2) is 52.4 Å². The Bertz CT molecular complexity index is 1150. The van der Waals surface area contributed by atoms with Crippen molar-refractivity contribution in [2.24, 2.45) is 0 Å². The summed E-state index contributed by atoms with van der Waals surface area (Å²) in [6.45, 7) is 6.59. The van der Waals surface area contributed by atoms with Gasteiger partial charge in [-0.15, -0.1) is 0 Å². The fourth-order valence-corrected chi connectivity index (χ4v) is 3.82. The van der Waals surface area contributed by atoms with E-state index in [1.54, 1.807) is 0 Å². The van der Waals surface area contributed by atoms with Crippen LogP contribution in [0.3, 0.4) is 0 Å². The third kappa shape index (κ3) is 3.49. The molecule has 2 aromatic heterocycles. The Balaban J connectivity index is 1.53. The first-order valence-electron chi connectivity index (χ1n) is 10.1. The first-order chi connectivity index (χ1) is 14.3. The van der Waals surface area contributed by atoms with Crippen molar-refractivity contribution in [1.82, 2.24) is 19.5 Å². The Kier molecular flexibility index (Phi) is 4.73. The van der Waals surface area contributed by atoms with E-state index in [2.05, 4.69) is 69.2 Å². The molecule has 2 aromatic carbocycles. The highest BCUT2D eigenvalue weighted by Gasteiger charge is 2.19. The van der Waals surface area contributed by atoms with Gasteiger partial charge in [0.25, 0.3) is 0 Å². The number of hydrogen-bond acceptors (Lipinski definition) is 6. The van der Waals surface area contributed by atoms with Crippen LogP contribution in [-0.2, 0) is 11.3 Å². The Morgan fingerprint density at radius 1 is 1.03 bits per heavy atom. The fourth-order valence-electron chi connectivity index (χ4n) is 3.82. The minimum absolute atomic E-state index is 0.703. The van der Waals surface area contributed by atoms with E-state index >= 15 is 0 Å². The number of morpholine rings is 1. The summed E-state index contributed by atoms with van der Waals surface area (Å²) in [5.74, 6) is 1.55. The third-order valence-corrected chi connectivity index (χ3v) is 5.27. The predicted molar refractivity (Wildman–Crippen MR) is 116 cm³/mol. The molecule has 4 aromatic rings. The number of benzene rings is 2. The van der Waals surface area contributed by atoms with Crippen molar-refractivity contribution in [2.75, 3.05) is 43.1 Å². The number of fused-ring (bicyclic) bond motifs is 2. The topological polar surface area (TPSA) is 68.1 Å². The zero-order valence-electron chi connectivity index (χ0n) is 16.5. The molecule has 7 heteroatoms. The van der Waals surface area contributed by atoms with Gasteiger partial charge in [-0.2, -0.15) is 9.97 Å². The van der Waals surface area contributed by atoms with Crippen LogP contribution in [0.4, 0.5) is 11.8 Å². The van der Waals surface area contributed by atoms with Gasteiger partial charge in [0.2, 0.25) is 5.95 Å². The number of nitrogens with zero attached hydrogens (tertiary/aromatic N) is 5. The number of aromatic nitrogens is 4. The van der Waals surface area contributed by atoms with Crippen molar-refractivity contribution < 1.29 is 4.74 Å². The van der Waals surface area contributed by atoms with Crippen LogP contribution in [0.25, 0.3) is 21.9 Å². The Morgan fingerprint density at radius 2 is 1.86 bits per heavy atom. The van der Waals surface area contributed by atoms with Gasteiger partial charge in [-0.25, -0.2) is 4.98 Å². The third-order valence-electron chi connectivity index (χ3n) is 5.27. The summed E-state index contributed by atoms with van der Waals surface area (Å²) < 4.78 is 7.58. The predicted octanol–water partition coefficient (Wildman–Crippen LogP) is 3.30. The van der Waals surface area contributed by atoms with E-state index < -0.39 is 0 Å². The van der Waals surface area contributed by atoms with Crippen LogP contribution in [0.15, 0.2) is 48.8 Å². The second-order valence-electron chi connectivity index (χ2n) is 7.23. The van der Waals surface area contributed by atoms with E-state index in [0.29, 0.717) is 19.2 Å². The summed E-state index contributed by atoms with van der Waals surface area (Å²) in [6, 6.07) is 15.0. The molecule has 148 valence electrons. The van der Waals surface area contributed by atoms with Gasteiger partial charge in [0.1, 0.15) is 5.52 Å². The lowest BCUT2D eigenvalue weighted by molar-refractivity contribution is 0.122. The molecule has 0 amide bonds. The van der Waals surface area contributed by atoms with Crippen LogP contribution in [0.1, 0.15) is 12.5 Å². The molecule has 0 aliphatic carbocycles. The summed E-state index contributed by atoms with van der Waals surface area (Å²) >= 11 is 0. The lowest BCUT2D eigenvalue weighted by Crippen LogP contribution is -2.37. The molecule has 5 rings (SSSR count). The van der Waals surface area contributed by atoms with Crippen molar-refractivity contribution >= 4 is 33.7 Å².